The van der Waals surface area contributed by atoms with Crippen LogP contribution in [0.1, 0.15) is 11.1 Å². The maximum atomic E-state index is 5.54. The lowest BCUT2D eigenvalue weighted by molar-refractivity contribution is 0.420. The summed E-state index contributed by atoms with van der Waals surface area (Å²) < 4.78 is 11.0. The number of H-pyrrole nitrogens is 1. The van der Waals surface area contributed by atoms with Crippen molar-refractivity contribution in [2.45, 2.75) is 13.8 Å². The number of aromatic nitrogens is 2. The minimum absolute atomic E-state index is 0.612. The summed E-state index contributed by atoms with van der Waals surface area (Å²) in [5, 5.41) is 5.49. The zero-order valence-corrected chi connectivity index (χ0v) is 15.1. The first-order valence-electron chi connectivity index (χ1n) is 8.90. The fourth-order valence-corrected chi connectivity index (χ4v) is 3.53. The van der Waals surface area contributed by atoms with E-state index >= 15 is 0 Å². The minimum Gasteiger partial charge on any atom is -0.461 e. The number of hydrogen-bond donors (Lipinski definition) is 1. The monoisotopic (exact) mass is 354 g/mol. The normalized spacial score (nSPS) is 11.3. The number of nitrogens with one attached hydrogen (secondary N) is 1. The van der Waals surface area contributed by atoms with Gasteiger partial charge in [-0.2, -0.15) is 0 Å². The van der Waals surface area contributed by atoms with Gasteiger partial charge in [-0.25, -0.2) is 0 Å². The highest BCUT2D eigenvalue weighted by molar-refractivity contribution is 6.04. The Kier molecular flexibility index (Phi) is 3.50. The Morgan fingerprint density at radius 2 is 1.74 bits per heavy atom. The molecule has 4 nitrogen and oxygen atoms in total. The smallest absolute Gasteiger partial charge is 0.202 e. The molecular formula is C23H18N2O2. The number of benzene rings is 2. The molecule has 27 heavy (non-hydrogen) atoms. The Morgan fingerprint density at radius 3 is 2.52 bits per heavy atom. The fourth-order valence-electron chi connectivity index (χ4n) is 3.53. The predicted molar refractivity (Wildman–Crippen MR) is 106 cm³/mol. The van der Waals surface area contributed by atoms with Gasteiger partial charge in [0.15, 0.2) is 5.76 Å². The Labute approximate surface area is 156 Å². The van der Waals surface area contributed by atoms with E-state index in [-0.39, 0.29) is 0 Å². The fraction of sp³-hybridized carbons (Fsp3) is 0.0870. The van der Waals surface area contributed by atoms with Gasteiger partial charge < -0.3 is 13.9 Å². The highest BCUT2D eigenvalue weighted by Gasteiger charge is 2.20. The number of aromatic amines is 1. The van der Waals surface area contributed by atoms with Crippen LogP contribution in [0.4, 0.5) is 0 Å². The van der Waals surface area contributed by atoms with E-state index in [1.807, 2.05) is 24.3 Å². The molecular weight excluding hydrogens is 336 g/mol. The molecule has 0 saturated carbocycles. The first kappa shape index (κ1) is 15.7. The molecule has 0 radical (unpaired) electrons. The number of aryl methyl sites for hydroxylation is 2. The summed E-state index contributed by atoms with van der Waals surface area (Å²) >= 11 is 0. The molecule has 1 N–H and O–H groups in total. The largest absolute Gasteiger partial charge is 0.461 e. The number of hydrogen-bond acceptors (Lipinski definition) is 3. The molecule has 0 aliphatic carbocycles. The van der Waals surface area contributed by atoms with Gasteiger partial charge in [0, 0.05) is 22.5 Å². The van der Waals surface area contributed by atoms with E-state index in [1.165, 1.54) is 16.5 Å². The van der Waals surface area contributed by atoms with Gasteiger partial charge in [0.25, 0.3) is 0 Å². The van der Waals surface area contributed by atoms with Crippen LogP contribution in [0.2, 0.25) is 0 Å². The van der Waals surface area contributed by atoms with Gasteiger partial charge in [0.2, 0.25) is 5.76 Å². The summed E-state index contributed by atoms with van der Waals surface area (Å²) in [6.07, 6.45) is 1.63. The molecule has 132 valence electrons. The Morgan fingerprint density at radius 1 is 0.889 bits per heavy atom. The van der Waals surface area contributed by atoms with Gasteiger partial charge in [-0.1, -0.05) is 47.6 Å². The maximum absolute atomic E-state index is 5.54. The van der Waals surface area contributed by atoms with Crippen LogP contribution < -0.4 is 0 Å². The van der Waals surface area contributed by atoms with Crippen LogP contribution in [0.5, 0.6) is 0 Å². The quantitative estimate of drug-likeness (QED) is 0.410. The van der Waals surface area contributed by atoms with Crippen molar-refractivity contribution >= 4 is 10.9 Å². The van der Waals surface area contributed by atoms with E-state index in [0.29, 0.717) is 11.5 Å². The molecule has 2 aromatic carbocycles. The van der Waals surface area contributed by atoms with Gasteiger partial charge in [-0.05, 0) is 42.7 Å². The standard InChI is InChI=1S/C23H18N2O2/c1-14-10-11-17-21(16-7-4-3-5-8-16)23(24-22(17)15(14)2)18-13-20(27-25-18)19-9-6-12-26-19/h3-13,24H,1-2H3. The second-order valence-electron chi connectivity index (χ2n) is 6.72. The number of fused-ring (bicyclic) bond motifs is 1. The second kappa shape index (κ2) is 6.02. The van der Waals surface area contributed by atoms with Gasteiger partial charge in [-0.15, -0.1) is 0 Å². The Hall–Kier alpha value is -3.53. The zero-order valence-electron chi connectivity index (χ0n) is 15.1. The third kappa shape index (κ3) is 2.49. The summed E-state index contributed by atoms with van der Waals surface area (Å²) in [5.74, 6) is 1.28. The van der Waals surface area contributed by atoms with E-state index in [9.17, 15) is 0 Å². The van der Waals surface area contributed by atoms with Gasteiger partial charge >= 0.3 is 0 Å². The molecule has 0 aliphatic rings. The molecule has 5 aromatic rings. The van der Waals surface area contributed by atoms with Crippen LogP contribution >= 0.6 is 0 Å². The summed E-state index contributed by atoms with van der Waals surface area (Å²) in [6, 6.07) is 20.3. The van der Waals surface area contributed by atoms with E-state index in [0.717, 1.165) is 28.0 Å². The molecule has 0 aliphatic heterocycles. The van der Waals surface area contributed by atoms with Crippen molar-refractivity contribution in [3.05, 3.63) is 78.1 Å². The van der Waals surface area contributed by atoms with Crippen LogP contribution in [0.3, 0.4) is 0 Å². The number of nitrogens with zero attached hydrogens (tertiary/aromatic N) is 1. The van der Waals surface area contributed by atoms with Crippen molar-refractivity contribution in [1.29, 1.82) is 0 Å². The first-order valence-corrected chi connectivity index (χ1v) is 8.90. The molecule has 0 amide bonds. The maximum Gasteiger partial charge on any atom is 0.202 e. The molecule has 0 atom stereocenters. The second-order valence-corrected chi connectivity index (χ2v) is 6.72. The lowest BCUT2D eigenvalue weighted by Gasteiger charge is -2.04. The third-order valence-electron chi connectivity index (χ3n) is 5.10. The van der Waals surface area contributed by atoms with Gasteiger partial charge in [-0.3, -0.25) is 0 Å². The van der Waals surface area contributed by atoms with Gasteiger partial charge in [0.05, 0.1) is 12.0 Å². The molecule has 0 fully saturated rings. The molecule has 3 aromatic heterocycles. The third-order valence-corrected chi connectivity index (χ3v) is 5.10. The van der Waals surface area contributed by atoms with Crippen molar-refractivity contribution in [3.8, 4) is 34.0 Å². The summed E-state index contributed by atoms with van der Waals surface area (Å²) in [7, 11) is 0. The van der Waals surface area contributed by atoms with E-state index in [1.54, 1.807) is 6.26 Å². The summed E-state index contributed by atoms with van der Waals surface area (Å²) in [5.41, 5.74) is 7.61. The van der Waals surface area contributed by atoms with Crippen LogP contribution in [0, 0.1) is 13.8 Å². The molecule has 0 spiro atoms. The van der Waals surface area contributed by atoms with Crippen molar-refractivity contribution in [3.63, 3.8) is 0 Å². The zero-order chi connectivity index (χ0) is 18.4. The molecule has 0 unspecified atom stereocenters. The minimum atomic E-state index is 0.612. The van der Waals surface area contributed by atoms with E-state index in [4.69, 9.17) is 8.94 Å². The molecule has 0 bridgehead atoms. The van der Waals surface area contributed by atoms with Crippen molar-refractivity contribution in [2.75, 3.05) is 0 Å². The van der Waals surface area contributed by atoms with Gasteiger partial charge in [0.1, 0.15) is 5.69 Å². The van der Waals surface area contributed by atoms with E-state index in [2.05, 4.69) is 60.4 Å². The van der Waals surface area contributed by atoms with Crippen molar-refractivity contribution < 1.29 is 8.94 Å². The average Bonchev–Trinajstić information content (AvgIpc) is 3.44. The predicted octanol–water partition coefficient (Wildman–Crippen LogP) is 6.37. The highest BCUT2D eigenvalue weighted by atomic mass is 16.5. The molecule has 4 heteroatoms. The Bertz CT molecular complexity index is 1230. The van der Waals surface area contributed by atoms with Crippen molar-refractivity contribution in [1.82, 2.24) is 10.1 Å². The van der Waals surface area contributed by atoms with Crippen LogP contribution in [0.25, 0.3) is 44.9 Å². The molecule has 5 rings (SSSR count). The Balaban J connectivity index is 1.78. The SMILES string of the molecule is Cc1ccc2c(-c3ccccc3)c(-c3cc(-c4ccco4)on3)[nH]c2c1C. The van der Waals surface area contributed by atoms with Crippen LogP contribution in [-0.2, 0) is 0 Å². The average molecular weight is 354 g/mol. The molecule has 3 heterocycles. The highest BCUT2D eigenvalue weighted by Crippen LogP contribution is 2.40. The lowest BCUT2D eigenvalue weighted by Crippen LogP contribution is -1.82. The number of rotatable bonds is 3. The lowest BCUT2D eigenvalue weighted by atomic mass is 9.98. The van der Waals surface area contributed by atoms with Crippen LogP contribution in [-0.4, -0.2) is 10.1 Å². The number of furan rings is 1. The van der Waals surface area contributed by atoms with Crippen molar-refractivity contribution in [2.24, 2.45) is 0 Å². The molecule has 0 saturated heterocycles. The van der Waals surface area contributed by atoms with E-state index < -0.39 is 0 Å². The summed E-state index contributed by atoms with van der Waals surface area (Å²) in [6.45, 7) is 4.27. The van der Waals surface area contributed by atoms with Crippen LogP contribution in [0.15, 0.2) is 75.9 Å². The first-order chi connectivity index (χ1) is 13.2. The summed E-state index contributed by atoms with van der Waals surface area (Å²) in [4.78, 5) is 3.59. The topological polar surface area (TPSA) is 55.0 Å².